The molecule has 0 amide bonds. The van der Waals surface area contributed by atoms with Crippen molar-refractivity contribution in [2.75, 3.05) is 46.1 Å². The molecule has 2 aromatic rings. The van der Waals surface area contributed by atoms with E-state index in [0.717, 1.165) is 56.5 Å². The molecule has 0 N–H and O–H groups in total. The fourth-order valence-electron chi connectivity index (χ4n) is 3.69. The summed E-state index contributed by atoms with van der Waals surface area (Å²) in [6, 6.07) is 16.5. The van der Waals surface area contributed by atoms with E-state index in [4.69, 9.17) is 14.2 Å². The lowest BCUT2D eigenvalue weighted by Crippen LogP contribution is -2.31. The Kier molecular flexibility index (Phi) is 6.12. The molecule has 0 aromatic heterocycles. The molecule has 2 aliphatic heterocycles. The number of rotatable bonds is 7. The molecule has 0 spiro atoms. The summed E-state index contributed by atoms with van der Waals surface area (Å²) in [6.07, 6.45) is 2.27. The van der Waals surface area contributed by atoms with Crippen molar-refractivity contribution >= 4 is 0 Å². The van der Waals surface area contributed by atoms with Crippen molar-refractivity contribution in [3.8, 4) is 17.2 Å². The molecule has 0 atom stereocenters. The van der Waals surface area contributed by atoms with Crippen LogP contribution in [0.2, 0.25) is 0 Å². The van der Waals surface area contributed by atoms with Gasteiger partial charge in [-0.3, -0.25) is 4.90 Å². The van der Waals surface area contributed by atoms with Crippen molar-refractivity contribution in [1.82, 2.24) is 9.80 Å². The lowest BCUT2D eigenvalue weighted by molar-refractivity contribution is 0.173. The topological polar surface area (TPSA) is 34.2 Å². The molecule has 0 unspecified atom stereocenters. The highest BCUT2D eigenvalue weighted by Crippen LogP contribution is 2.35. The molecule has 0 radical (unpaired) electrons. The number of benzene rings is 2. The second-order valence-corrected chi connectivity index (χ2v) is 7.17. The van der Waals surface area contributed by atoms with E-state index in [2.05, 4.69) is 40.1 Å². The van der Waals surface area contributed by atoms with Gasteiger partial charge in [0.15, 0.2) is 11.5 Å². The van der Waals surface area contributed by atoms with Gasteiger partial charge in [0.25, 0.3) is 0 Å². The smallest absolute Gasteiger partial charge is 0.231 e. The summed E-state index contributed by atoms with van der Waals surface area (Å²) in [5, 5.41) is 0. The summed E-state index contributed by atoms with van der Waals surface area (Å²) in [6.45, 7) is 7.80. The predicted octanol–water partition coefficient (Wildman–Crippen LogP) is 3.39. The van der Waals surface area contributed by atoms with Gasteiger partial charge in [-0.25, -0.2) is 0 Å². The molecule has 27 heavy (non-hydrogen) atoms. The van der Waals surface area contributed by atoms with Crippen LogP contribution in [0.3, 0.4) is 0 Å². The lowest BCUT2D eigenvalue weighted by Gasteiger charge is -2.22. The van der Waals surface area contributed by atoms with Crippen LogP contribution in [0.25, 0.3) is 0 Å². The Balaban J connectivity index is 1.16. The largest absolute Gasteiger partial charge is 0.493 e. The van der Waals surface area contributed by atoms with Crippen LogP contribution in [-0.4, -0.2) is 55.9 Å². The van der Waals surface area contributed by atoms with Crippen LogP contribution >= 0.6 is 0 Å². The van der Waals surface area contributed by atoms with Crippen LogP contribution in [0, 0.1) is 0 Å². The van der Waals surface area contributed by atoms with Crippen molar-refractivity contribution < 1.29 is 14.2 Å². The van der Waals surface area contributed by atoms with Gasteiger partial charge in [-0.15, -0.1) is 0 Å². The van der Waals surface area contributed by atoms with Crippen LogP contribution in [0.4, 0.5) is 0 Å². The summed E-state index contributed by atoms with van der Waals surface area (Å²) >= 11 is 0. The van der Waals surface area contributed by atoms with Gasteiger partial charge in [0.2, 0.25) is 6.79 Å². The number of hydrogen-bond acceptors (Lipinski definition) is 5. The minimum Gasteiger partial charge on any atom is -0.493 e. The zero-order valence-electron chi connectivity index (χ0n) is 15.8. The molecular formula is C22H28N2O3. The van der Waals surface area contributed by atoms with E-state index in [-0.39, 0.29) is 0 Å². The van der Waals surface area contributed by atoms with Crippen LogP contribution in [0.5, 0.6) is 17.2 Å². The monoisotopic (exact) mass is 368 g/mol. The number of ether oxygens (including phenoxy) is 3. The van der Waals surface area contributed by atoms with E-state index in [0.29, 0.717) is 6.79 Å². The Labute approximate surface area is 161 Å². The average Bonchev–Trinajstić information content (AvgIpc) is 3.06. The summed E-state index contributed by atoms with van der Waals surface area (Å²) < 4.78 is 16.6. The Bertz CT molecular complexity index is 723. The van der Waals surface area contributed by atoms with Crippen LogP contribution in [0.1, 0.15) is 18.4 Å². The third-order valence-corrected chi connectivity index (χ3v) is 5.16. The van der Waals surface area contributed by atoms with Gasteiger partial charge in [0.05, 0.1) is 6.61 Å². The minimum absolute atomic E-state index is 0.301. The number of nitrogens with zero attached hydrogens (tertiary/aromatic N) is 2. The summed E-state index contributed by atoms with van der Waals surface area (Å²) in [4.78, 5) is 5.13. The lowest BCUT2D eigenvalue weighted by atomic mass is 10.2. The quantitative estimate of drug-likeness (QED) is 0.700. The Morgan fingerprint density at radius 3 is 2.59 bits per heavy atom. The Morgan fingerprint density at radius 2 is 1.67 bits per heavy atom. The third kappa shape index (κ3) is 5.15. The second kappa shape index (κ2) is 9.11. The zero-order chi connectivity index (χ0) is 18.3. The molecule has 5 heteroatoms. The number of fused-ring (bicyclic) bond motifs is 1. The highest BCUT2D eigenvalue weighted by molar-refractivity contribution is 5.46. The molecule has 0 saturated carbocycles. The molecule has 2 aromatic carbocycles. The van der Waals surface area contributed by atoms with Gasteiger partial charge in [-0.1, -0.05) is 30.3 Å². The molecule has 0 bridgehead atoms. The molecule has 4 rings (SSSR count). The van der Waals surface area contributed by atoms with Gasteiger partial charge in [0, 0.05) is 32.2 Å². The Morgan fingerprint density at radius 1 is 0.852 bits per heavy atom. The first kappa shape index (κ1) is 18.1. The normalized spacial score (nSPS) is 17.6. The maximum atomic E-state index is 5.88. The number of hydrogen-bond donors (Lipinski definition) is 0. The maximum absolute atomic E-state index is 5.88. The fraction of sp³-hybridized carbons (Fsp3) is 0.455. The van der Waals surface area contributed by atoms with Crippen molar-refractivity contribution in [3.63, 3.8) is 0 Å². The van der Waals surface area contributed by atoms with Crippen LogP contribution in [-0.2, 0) is 6.54 Å². The zero-order valence-corrected chi connectivity index (χ0v) is 15.8. The first-order chi connectivity index (χ1) is 13.4. The average molecular weight is 368 g/mol. The highest BCUT2D eigenvalue weighted by atomic mass is 16.7. The van der Waals surface area contributed by atoms with E-state index in [1.807, 2.05) is 18.2 Å². The molecule has 0 aliphatic carbocycles. The van der Waals surface area contributed by atoms with Crippen molar-refractivity contribution in [2.45, 2.75) is 19.4 Å². The summed E-state index contributed by atoms with van der Waals surface area (Å²) in [5.74, 6) is 2.43. The van der Waals surface area contributed by atoms with E-state index in [9.17, 15) is 0 Å². The molecule has 1 fully saturated rings. The van der Waals surface area contributed by atoms with Gasteiger partial charge in [-0.05, 0) is 43.6 Å². The minimum atomic E-state index is 0.301. The maximum Gasteiger partial charge on any atom is 0.231 e. The van der Waals surface area contributed by atoms with Crippen molar-refractivity contribution in [2.24, 2.45) is 0 Å². The van der Waals surface area contributed by atoms with Crippen LogP contribution < -0.4 is 14.2 Å². The fourth-order valence-corrected chi connectivity index (χ4v) is 3.69. The molecule has 144 valence electrons. The van der Waals surface area contributed by atoms with Crippen molar-refractivity contribution in [3.05, 3.63) is 54.1 Å². The molecule has 2 aliphatic rings. The van der Waals surface area contributed by atoms with E-state index in [1.54, 1.807) is 0 Å². The van der Waals surface area contributed by atoms with Gasteiger partial charge in [-0.2, -0.15) is 0 Å². The third-order valence-electron chi connectivity index (χ3n) is 5.16. The first-order valence-corrected chi connectivity index (χ1v) is 9.88. The SMILES string of the molecule is c1ccc(CN2CCCN(CCCOc3ccc4c(c3)OCO4)CC2)cc1. The van der Waals surface area contributed by atoms with E-state index < -0.39 is 0 Å². The first-order valence-electron chi connectivity index (χ1n) is 9.88. The van der Waals surface area contributed by atoms with Gasteiger partial charge in [0.1, 0.15) is 5.75 Å². The summed E-state index contributed by atoms with van der Waals surface area (Å²) in [7, 11) is 0. The van der Waals surface area contributed by atoms with Gasteiger partial charge >= 0.3 is 0 Å². The van der Waals surface area contributed by atoms with Crippen molar-refractivity contribution in [1.29, 1.82) is 0 Å². The van der Waals surface area contributed by atoms with Crippen LogP contribution in [0.15, 0.2) is 48.5 Å². The summed E-state index contributed by atoms with van der Waals surface area (Å²) in [5.41, 5.74) is 1.41. The second-order valence-electron chi connectivity index (χ2n) is 7.17. The van der Waals surface area contributed by atoms with E-state index >= 15 is 0 Å². The van der Waals surface area contributed by atoms with E-state index in [1.165, 1.54) is 25.1 Å². The highest BCUT2D eigenvalue weighted by Gasteiger charge is 2.15. The molecule has 5 nitrogen and oxygen atoms in total. The Hall–Kier alpha value is -2.24. The molecular weight excluding hydrogens is 340 g/mol. The predicted molar refractivity (Wildman–Crippen MR) is 105 cm³/mol. The molecule has 1 saturated heterocycles. The molecule has 2 heterocycles. The van der Waals surface area contributed by atoms with Gasteiger partial charge < -0.3 is 19.1 Å². The standard InChI is InChI=1S/C22H28N2O3/c1-2-6-19(7-3-1)17-24-11-4-10-23(13-14-24)12-5-15-25-20-8-9-21-22(16-20)27-18-26-21/h1-3,6-9,16H,4-5,10-15,17-18H2.